The minimum atomic E-state index is -0.364. The van der Waals surface area contributed by atoms with Crippen LogP contribution in [0.2, 0.25) is 0 Å². The molecule has 1 aliphatic rings. The number of rotatable bonds is 2. The van der Waals surface area contributed by atoms with E-state index in [1.54, 1.807) is 12.1 Å². The van der Waals surface area contributed by atoms with Crippen molar-refractivity contribution in [1.82, 2.24) is 0 Å². The molecule has 0 heterocycles. The summed E-state index contributed by atoms with van der Waals surface area (Å²) in [6, 6.07) is 9.06. The van der Waals surface area contributed by atoms with Gasteiger partial charge in [0.2, 0.25) is 0 Å². The molecule has 0 saturated heterocycles. The number of benzene rings is 1. The summed E-state index contributed by atoms with van der Waals surface area (Å²) in [7, 11) is 0. The lowest BCUT2D eigenvalue weighted by atomic mass is 9.96. The highest BCUT2D eigenvalue weighted by Crippen LogP contribution is 2.24. The minimum Gasteiger partial charge on any atom is -0.299 e. The number of hydrogen-bond acceptors (Lipinski definition) is 2. The summed E-state index contributed by atoms with van der Waals surface area (Å²) in [6.45, 7) is 0. The van der Waals surface area contributed by atoms with Gasteiger partial charge in [-0.3, -0.25) is 9.59 Å². The Morgan fingerprint density at radius 3 is 2.50 bits per heavy atom. The van der Waals surface area contributed by atoms with Crippen LogP contribution in [0.1, 0.15) is 29.6 Å². The van der Waals surface area contributed by atoms with Gasteiger partial charge in [0.25, 0.3) is 0 Å². The first-order valence-corrected chi connectivity index (χ1v) is 4.91. The van der Waals surface area contributed by atoms with Crippen LogP contribution in [-0.2, 0) is 4.79 Å². The van der Waals surface area contributed by atoms with Crippen molar-refractivity contribution in [3.8, 4) is 0 Å². The third-order valence-electron chi connectivity index (χ3n) is 2.68. The number of hydrogen-bond donors (Lipinski definition) is 0. The molecule has 0 aliphatic heterocycles. The van der Waals surface area contributed by atoms with Crippen LogP contribution in [-0.4, -0.2) is 11.6 Å². The molecular weight excluding hydrogens is 176 g/mol. The molecule has 0 amide bonds. The number of carbonyl (C=O) groups is 2. The Balaban J connectivity index is 2.20. The van der Waals surface area contributed by atoms with Crippen molar-refractivity contribution in [3.63, 3.8) is 0 Å². The Bertz CT molecular complexity index is 354. The second kappa shape index (κ2) is 3.74. The molecule has 0 unspecified atom stereocenters. The van der Waals surface area contributed by atoms with Gasteiger partial charge < -0.3 is 0 Å². The van der Waals surface area contributed by atoms with Crippen LogP contribution in [0.3, 0.4) is 0 Å². The zero-order chi connectivity index (χ0) is 9.97. The molecule has 0 bridgehead atoms. The summed E-state index contributed by atoms with van der Waals surface area (Å²) in [5.74, 6) is -0.260. The molecule has 2 heteroatoms. The van der Waals surface area contributed by atoms with E-state index in [9.17, 15) is 9.59 Å². The first-order valence-electron chi connectivity index (χ1n) is 4.91. The molecule has 1 fully saturated rings. The monoisotopic (exact) mass is 188 g/mol. The quantitative estimate of drug-likeness (QED) is 0.527. The zero-order valence-corrected chi connectivity index (χ0v) is 7.90. The van der Waals surface area contributed by atoms with E-state index in [0.29, 0.717) is 12.0 Å². The lowest BCUT2D eigenvalue weighted by molar-refractivity contribution is -0.119. The fraction of sp³-hybridized carbons (Fsp3) is 0.333. The van der Waals surface area contributed by atoms with Crippen molar-refractivity contribution in [2.45, 2.75) is 19.3 Å². The van der Waals surface area contributed by atoms with E-state index in [1.165, 1.54) is 0 Å². The predicted molar refractivity (Wildman–Crippen MR) is 53.1 cm³/mol. The molecule has 0 radical (unpaired) electrons. The Labute approximate surface area is 82.9 Å². The van der Waals surface area contributed by atoms with E-state index in [4.69, 9.17) is 0 Å². The zero-order valence-electron chi connectivity index (χ0n) is 7.90. The molecule has 0 aromatic heterocycles. The van der Waals surface area contributed by atoms with Gasteiger partial charge in [0, 0.05) is 12.0 Å². The molecule has 72 valence electrons. The maximum Gasteiger partial charge on any atom is 0.173 e. The lowest BCUT2D eigenvalue weighted by Crippen LogP contribution is -2.18. The molecule has 14 heavy (non-hydrogen) atoms. The van der Waals surface area contributed by atoms with Gasteiger partial charge in [0.15, 0.2) is 5.78 Å². The highest BCUT2D eigenvalue weighted by molar-refractivity contribution is 6.11. The Kier molecular flexibility index (Phi) is 2.44. The van der Waals surface area contributed by atoms with Crippen molar-refractivity contribution < 1.29 is 9.59 Å². The smallest absolute Gasteiger partial charge is 0.173 e. The first kappa shape index (κ1) is 9.13. The number of carbonyl (C=O) groups excluding carboxylic acids is 2. The molecule has 1 aliphatic carbocycles. The largest absolute Gasteiger partial charge is 0.299 e. The second-order valence-corrected chi connectivity index (χ2v) is 3.64. The van der Waals surface area contributed by atoms with E-state index in [1.807, 2.05) is 18.2 Å². The Hall–Kier alpha value is -1.44. The van der Waals surface area contributed by atoms with Gasteiger partial charge in [0.05, 0.1) is 5.92 Å². The fourth-order valence-electron chi connectivity index (χ4n) is 1.90. The maximum atomic E-state index is 11.8. The van der Waals surface area contributed by atoms with Crippen molar-refractivity contribution in [1.29, 1.82) is 0 Å². The first-order chi connectivity index (χ1) is 6.79. The van der Waals surface area contributed by atoms with Gasteiger partial charge in [-0.2, -0.15) is 0 Å². The summed E-state index contributed by atoms with van der Waals surface area (Å²) in [6.07, 6.45) is 2.16. The van der Waals surface area contributed by atoms with Crippen molar-refractivity contribution in [2.75, 3.05) is 0 Å². The van der Waals surface area contributed by atoms with Crippen LogP contribution < -0.4 is 0 Å². The van der Waals surface area contributed by atoms with E-state index in [2.05, 4.69) is 0 Å². The topological polar surface area (TPSA) is 34.1 Å². The van der Waals surface area contributed by atoms with Gasteiger partial charge in [-0.15, -0.1) is 0 Å². The molecular formula is C12H12O2. The average Bonchev–Trinajstić information content (AvgIpc) is 2.65. The molecule has 0 N–H and O–H groups in total. The molecule has 1 saturated carbocycles. The maximum absolute atomic E-state index is 11.8. The SMILES string of the molecule is O=C1CCC[C@@H]1C(=O)c1ccccc1. The third-order valence-corrected chi connectivity index (χ3v) is 2.68. The van der Waals surface area contributed by atoms with Crippen LogP contribution in [0.5, 0.6) is 0 Å². The van der Waals surface area contributed by atoms with Crippen molar-refractivity contribution >= 4 is 11.6 Å². The van der Waals surface area contributed by atoms with E-state index < -0.39 is 0 Å². The second-order valence-electron chi connectivity index (χ2n) is 3.64. The summed E-state index contributed by atoms with van der Waals surface area (Å²) in [4.78, 5) is 23.2. The lowest BCUT2D eigenvalue weighted by Gasteiger charge is -2.05. The van der Waals surface area contributed by atoms with Crippen molar-refractivity contribution in [3.05, 3.63) is 35.9 Å². The van der Waals surface area contributed by atoms with E-state index in [-0.39, 0.29) is 17.5 Å². The van der Waals surface area contributed by atoms with Gasteiger partial charge >= 0.3 is 0 Å². The fourth-order valence-corrected chi connectivity index (χ4v) is 1.90. The minimum absolute atomic E-state index is 0.00639. The van der Waals surface area contributed by atoms with Crippen LogP contribution in [0.25, 0.3) is 0 Å². The Morgan fingerprint density at radius 1 is 1.21 bits per heavy atom. The number of Topliss-reactive ketones (excluding diaryl/α,β-unsaturated/α-hetero) is 2. The molecule has 1 aromatic carbocycles. The van der Waals surface area contributed by atoms with E-state index in [0.717, 1.165) is 12.8 Å². The van der Waals surface area contributed by atoms with Gasteiger partial charge in [-0.1, -0.05) is 30.3 Å². The summed E-state index contributed by atoms with van der Waals surface area (Å²) in [5, 5.41) is 0. The van der Waals surface area contributed by atoms with Gasteiger partial charge in [0.1, 0.15) is 5.78 Å². The van der Waals surface area contributed by atoms with E-state index >= 15 is 0 Å². The van der Waals surface area contributed by atoms with Gasteiger partial charge in [-0.25, -0.2) is 0 Å². The third kappa shape index (κ3) is 1.60. The standard InChI is InChI=1S/C12H12O2/c13-11-8-4-7-10(11)12(14)9-5-2-1-3-6-9/h1-3,5-6,10H,4,7-8H2/t10-/m0/s1. The molecule has 0 spiro atoms. The average molecular weight is 188 g/mol. The molecule has 2 rings (SSSR count). The van der Waals surface area contributed by atoms with Gasteiger partial charge in [-0.05, 0) is 12.8 Å². The molecule has 1 atom stereocenters. The molecule has 2 nitrogen and oxygen atoms in total. The highest BCUT2D eigenvalue weighted by Gasteiger charge is 2.31. The summed E-state index contributed by atoms with van der Waals surface area (Å²) < 4.78 is 0. The van der Waals surface area contributed by atoms with Crippen LogP contribution in [0.4, 0.5) is 0 Å². The van der Waals surface area contributed by atoms with Crippen LogP contribution in [0, 0.1) is 5.92 Å². The molecule has 1 aromatic rings. The predicted octanol–water partition coefficient (Wildman–Crippen LogP) is 2.24. The van der Waals surface area contributed by atoms with Crippen molar-refractivity contribution in [2.24, 2.45) is 5.92 Å². The normalized spacial score (nSPS) is 21.1. The summed E-state index contributed by atoms with van der Waals surface area (Å²) >= 11 is 0. The summed E-state index contributed by atoms with van der Waals surface area (Å²) in [5.41, 5.74) is 0.660. The number of ketones is 2. The van der Waals surface area contributed by atoms with Crippen LogP contribution in [0.15, 0.2) is 30.3 Å². The Morgan fingerprint density at radius 2 is 1.93 bits per heavy atom. The highest BCUT2D eigenvalue weighted by atomic mass is 16.2. The van der Waals surface area contributed by atoms with Crippen LogP contribution >= 0.6 is 0 Å².